The van der Waals surface area contributed by atoms with Crippen LogP contribution in [0.25, 0.3) is 22.7 Å². The van der Waals surface area contributed by atoms with Gasteiger partial charge in [0.1, 0.15) is 23.0 Å². The number of aromatic hydroxyl groups is 1. The van der Waals surface area contributed by atoms with Crippen LogP contribution in [0.1, 0.15) is 30.2 Å². The normalized spacial score (nSPS) is 10.8. The molecule has 2 N–H and O–H groups in total. The number of oxazole rings is 1. The van der Waals surface area contributed by atoms with Crippen molar-refractivity contribution in [3.05, 3.63) is 77.6 Å². The van der Waals surface area contributed by atoms with Gasteiger partial charge in [0.15, 0.2) is 0 Å². The predicted octanol–water partition coefficient (Wildman–Crippen LogP) is 6.37. The van der Waals surface area contributed by atoms with E-state index in [1.165, 1.54) is 6.92 Å². The average molecular weight is 500 g/mol. The number of amides is 1. The van der Waals surface area contributed by atoms with Crippen molar-refractivity contribution in [2.45, 2.75) is 33.6 Å². The number of hydrogen-bond donors (Lipinski definition) is 2. The van der Waals surface area contributed by atoms with Crippen molar-refractivity contribution in [2.75, 3.05) is 30.9 Å². The highest BCUT2D eigenvalue weighted by atomic mass is 16.5. The molecule has 3 aromatic carbocycles. The van der Waals surface area contributed by atoms with Crippen LogP contribution in [0.4, 0.5) is 11.4 Å². The first-order valence-electron chi connectivity index (χ1n) is 12.3. The summed E-state index contributed by atoms with van der Waals surface area (Å²) in [6.45, 7) is 5.72. The molecule has 0 aliphatic heterocycles. The van der Waals surface area contributed by atoms with E-state index in [1.54, 1.807) is 0 Å². The lowest BCUT2D eigenvalue weighted by molar-refractivity contribution is -0.114. The highest BCUT2D eigenvalue weighted by Crippen LogP contribution is 2.37. The Kier molecular flexibility index (Phi) is 7.82. The third-order valence-corrected chi connectivity index (χ3v) is 6.08. The standard InChI is InChI=1S/C30H33N3O4/c1-19-16-22(17-20(2)29(19)35)30-32-28(25-14-13-23(33(4)5)18-26(25)31-21(3)34)27(37-30)12-9-15-36-24-10-7-6-8-11-24/h6-8,10-11,13-14,16-18,35H,9,12,15H2,1-5H3,(H,31,34). The lowest BCUT2D eigenvalue weighted by atomic mass is 10.0. The van der Waals surface area contributed by atoms with Crippen molar-refractivity contribution in [1.29, 1.82) is 0 Å². The molecule has 0 saturated heterocycles. The van der Waals surface area contributed by atoms with Crippen LogP contribution in [0, 0.1) is 13.8 Å². The van der Waals surface area contributed by atoms with Crippen LogP contribution in [0.15, 0.2) is 65.1 Å². The zero-order chi connectivity index (χ0) is 26.5. The van der Waals surface area contributed by atoms with Crippen LogP contribution in [-0.4, -0.2) is 36.7 Å². The van der Waals surface area contributed by atoms with E-state index in [-0.39, 0.29) is 11.7 Å². The molecule has 0 radical (unpaired) electrons. The van der Waals surface area contributed by atoms with E-state index in [1.807, 2.05) is 93.5 Å². The molecule has 37 heavy (non-hydrogen) atoms. The second-order valence-electron chi connectivity index (χ2n) is 9.32. The molecule has 4 rings (SSSR count). The SMILES string of the molecule is CC(=O)Nc1cc(N(C)C)ccc1-c1nc(-c2cc(C)c(O)c(C)c2)oc1CCCOc1ccccc1. The number of rotatable bonds is 9. The number of hydrogen-bond acceptors (Lipinski definition) is 6. The van der Waals surface area contributed by atoms with Crippen LogP contribution in [0.3, 0.4) is 0 Å². The van der Waals surface area contributed by atoms with Gasteiger partial charge in [-0.25, -0.2) is 4.98 Å². The smallest absolute Gasteiger partial charge is 0.226 e. The minimum absolute atomic E-state index is 0.163. The van der Waals surface area contributed by atoms with Gasteiger partial charge in [0.2, 0.25) is 11.8 Å². The van der Waals surface area contributed by atoms with E-state index in [9.17, 15) is 9.90 Å². The van der Waals surface area contributed by atoms with Crippen LogP contribution < -0.4 is 15.0 Å². The zero-order valence-corrected chi connectivity index (χ0v) is 22.0. The van der Waals surface area contributed by atoms with Gasteiger partial charge >= 0.3 is 0 Å². The van der Waals surface area contributed by atoms with Crippen molar-refractivity contribution < 1.29 is 19.1 Å². The first-order valence-corrected chi connectivity index (χ1v) is 12.3. The molecule has 192 valence electrons. The number of para-hydroxylation sites is 1. The molecule has 0 spiro atoms. The number of benzene rings is 3. The minimum atomic E-state index is -0.163. The Bertz CT molecular complexity index is 1370. The Labute approximate surface area is 217 Å². The summed E-state index contributed by atoms with van der Waals surface area (Å²) >= 11 is 0. The van der Waals surface area contributed by atoms with Gasteiger partial charge in [0, 0.05) is 44.3 Å². The maximum Gasteiger partial charge on any atom is 0.226 e. The molecule has 0 saturated carbocycles. The summed E-state index contributed by atoms with van der Waals surface area (Å²) in [5.41, 5.74) is 5.36. The number of carbonyl (C=O) groups excluding carboxylic acids is 1. The fourth-order valence-electron chi connectivity index (χ4n) is 4.18. The monoisotopic (exact) mass is 499 g/mol. The summed E-state index contributed by atoms with van der Waals surface area (Å²) in [6.07, 6.45) is 1.32. The van der Waals surface area contributed by atoms with E-state index in [0.717, 1.165) is 40.1 Å². The van der Waals surface area contributed by atoms with Crippen LogP contribution in [0.2, 0.25) is 0 Å². The molecule has 1 heterocycles. The van der Waals surface area contributed by atoms with E-state index in [0.29, 0.717) is 36.1 Å². The Hall–Kier alpha value is -4.26. The van der Waals surface area contributed by atoms with Gasteiger partial charge in [-0.15, -0.1) is 0 Å². The van der Waals surface area contributed by atoms with Gasteiger partial charge < -0.3 is 24.5 Å². The molecule has 7 heteroatoms. The third kappa shape index (κ3) is 6.12. The molecule has 7 nitrogen and oxygen atoms in total. The number of aryl methyl sites for hydroxylation is 3. The number of aromatic nitrogens is 1. The Morgan fingerprint density at radius 2 is 1.76 bits per heavy atom. The van der Waals surface area contributed by atoms with Crippen molar-refractivity contribution in [1.82, 2.24) is 4.98 Å². The van der Waals surface area contributed by atoms with Gasteiger partial charge in [-0.3, -0.25) is 4.79 Å². The van der Waals surface area contributed by atoms with Crippen molar-refractivity contribution >= 4 is 17.3 Å². The van der Waals surface area contributed by atoms with Gasteiger partial charge in [0.05, 0.1) is 12.3 Å². The lowest BCUT2D eigenvalue weighted by Crippen LogP contribution is -2.11. The molecular formula is C30H33N3O4. The molecule has 0 bridgehead atoms. The van der Waals surface area contributed by atoms with Gasteiger partial charge in [-0.1, -0.05) is 18.2 Å². The van der Waals surface area contributed by atoms with E-state index >= 15 is 0 Å². The molecular weight excluding hydrogens is 466 g/mol. The maximum absolute atomic E-state index is 12.0. The van der Waals surface area contributed by atoms with Crippen LogP contribution >= 0.6 is 0 Å². The topological polar surface area (TPSA) is 87.8 Å². The highest BCUT2D eigenvalue weighted by Gasteiger charge is 2.21. The van der Waals surface area contributed by atoms with Gasteiger partial charge in [-0.2, -0.15) is 0 Å². The fraction of sp³-hybridized carbons (Fsp3) is 0.267. The van der Waals surface area contributed by atoms with E-state index in [2.05, 4.69) is 5.32 Å². The van der Waals surface area contributed by atoms with Crippen LogP contribution in [0.5, 0.6) is 11.5 Å². The number of nitrogens with zero attached hydrogens (tertiary/aromatic N) is 2. The highest BCUT2D eigenvalue weighted by molar-refractivity contribution is 5.95. The van der Waals surface area contributed by atoms with Crippen molar-refractivity contribution in [3.63, 3.8) is 0 Å². The lowest BCUT2D eigenvalue weighted by Gasteiger charge is -2.16. The first-order chi connectivity index (χ1) is 17.7. The predicted molar refractivity (Wildman–Crippen MR) is 147 cm³/mol. The quantitative estimate of drug-likeness (QED) is 0.260. The average Bonchev–Trinajstić information content (AvgIpc) is 3.29. The van der Waals surface area contributed by atoms with Crippen LogP contribution in [-0.2, 0) is 11.2 Å². The summed E-state index contributed by atoms with van der Waals surface area (Å²) < 4.78 is 12.2. The number of ether oxygens (including phenoxy) is 1. The second-order valence-corrected chi connectivity index (χ2v) is 9.32. The van der Waals surface area contributed by atoms with E-state index in [4.69, 9.17) is 14.1 Å². The number of phenolic OH excluding ortho intramolecular Hbond substituents is 1. The molecule has 0 unspecified atom stereocenters. The molecule has 0 fully saturated rings. The molecule has 4 aromatic rings. The molecule has 1 amide bonds. The van der Waals surface area contributed by atoms with Crippen molar-refractivity contribution in [3.8, 4) is 34.2 Å². The first kappa shape index (κ1) is 25.8. The summed E-state index contributed by atoms with van der Waals surface area (Å²) in [4.78, 5) is 18.9. The number of carbonyl (C=O) groups is 1. The number of phenols is 1. The molecule has 0 aliphatic rings. The summed E-state index contributed by atoms with van der Waals surface area (Å²) in [5, 5.41) is 13.2. The third-order valence-electron chi connectivity index (χ3n) is 6.08. The summed E-state index contributed by atoms with van der Waals surface area (Å²) in [6, 6.07) is 19.3. The molecule has 0 atom stereocenters. The summed E-state index contributed by atoms with van der Waals surface area (Å²) in [7, 11) is 3.91. The van der Waals surface area contributed by atoms with Gasteiger partial charge in [0.25, 0.3) is 0 Å². The Morgan fingerprint density at radius 3 is 2.41 bits per heavy atom. The maximum atomic E-state index is 12.0. The number of nitrogens with one attached hydrogen (secondary N) is 1. The zero-order valence-electron chi connectivity index (χ0n) is 22.0. The second kappa shape index (κ2) is 11.2. The largest absolute Gasteiger partial charge is 0.507 e. The van der Waals surface area contributed by atoms with E-state index < -0.39 is 0 Å². The molecule has 1 aromatic heterocycles. The molecule has 0 aliphatic carbocycles. The summed E-state index contributed by atoms with van der Waals surface area (Å²) in [5.74, 6) is 2.10. The Morgan fingerprint density at radius 1 is 1.05 bits per heavy atom. The van der Waals surface area contributed by atoms with Crippen molar-refractivity contribution in [2.24, 2.45) is 0 Å². The number of anilines is 2. The Balaban J connectivity index is 1.72. The minimum Gasteiger partial charge on any atom is -0.507 e. The fourth-order valence-corrected chi connectivity index (χ4v) is 4.18. The van der Waals surface area contributed by atoms with Gasteiger partial charge in [-0.05, 0) is 73.9 Å².